The van der Waals surface area contributed by atoms with Gasteiger partial charge in [0.1, 0.15) is 0 Å². The molecule has 0 heterocycles. The standard InChI is InChI=1S/C23H22N2O4/c1-16-10-12-17(13-11-16)23(27)25-19-7-5-6-18(14-19)24-22(26)15-29-21-9-4-3-8-20(21)28-2/h3-14H,15H2,1-2H3,(H,24,26)(H,25,27). The van der Waals surface area contributed by atoms with Crippen molar-refractivity contribution in [3.8, 4) is 11.5 Å². The van der Waals surface area contributed by atoms with Gasteiger partial charge in [0.05, 0.1) is 7.11 Å². The lowest BCUT2D eigenvalue weighted by molar-refractivity contribution is -0.118. The van der Waals surface area contributed by atoms with E-state index < -0.39 is 0 Å². The van der Waals surface area contributed by atoms with Crippen LogP contribution in [0.5, 0.6) is 11.5 Å². The molecule has 3 rings (SSSR count). The fourth-order valence-corrected chi connectivity index (χ4v) is 2.66. The van der Waals surface area contributed by atoms with Crippen LogP contribution in [0.15, 0.2) is 72.8 Å². The third-order valence-electron chi connectivity index (χ3n) is 4.15. The van der Waals surface area contributed by atoms with Gasteiger partial charge in [-0.25, -0.2) is 0 Å². The first-order valence-electron chi connectivity index (χ1n) is 9.09. The van der Waals surface area contributed by atoms with E-state index in [1.807, 2.05) is 25.1 Å². The number of hydrogen-bond donors (Lipinski definition) is 2. The largest absolute Gasteiger partial charge is 0.493 e. The Labute approximate surface area is 169 Å². The molecular weight excluding hydrogens is 368 g/mol. The van der Waals surface area contributed by atoms with Gasteiger partial charge in [0, 0.05) is 16.9 Å². The third kappa shape index (κ3) is 5.59. The summed E-state index contributed by atoms with van der Waals surface area (Å²) in [6.07, 6.45) is 0. The fourth-order valence-electron chi connectivity index (χ4n) is 2.66. The zero-order valence-corrected chi connectivity index (χ0v) is 16.3. The number of methoxy groups -OCH3 is 1. The van der Waals surface area contributed by atoms with Gasteiger partial charge in [0.25, 0.3) is 11.8 Å². The highest BCUT2D eigenvalue weighted by Gasteiger charge is 2.09. The van der Waals surface area contributed by atoms with E-state index in [0.29, 0.717) is 28.4 Å². The SMILES string of the molecule is COc1ccccc1OCC(=O)Nc1cccc(NC(=O)c2ccc(C)cc2)c1. The minimum atomic E-state index is -0.321. The van der Waals surface area contributed by atoms with Gasteiger partial charge in [-0.3, -0.25) is 9.59 Å². The van der Waals surface area contributed by atoms with Crippen LogP contribution in [0.3, 0.4) is 0 Å². The maximum Gasteiger partial charge on any atom is 0.262 e. The van der Waals surface area contributed by atoms with E-state index in [2.05, 4.69) is 10.6 Å². The van der Waals surface area contributed by atoms with Crippen molar-refractivity contribution < 1.29 is 19.1 Å². The molecule has 3 aromatic rings. The van der Waals surface area contributed by atoms with Crippen LogP contribution in [0.1, 0.15) is 15.9 Å². The van der Waals surface area contributed by atoms with E-state index in [9.17, 15) is 9.59 Å². The van der Waals surface area contributed by atoms with Gasteiger partial charge in [-0.2, -0.15) is 0 Å². The number of carbonyl (C=O) groups is 2. The molecule has 29 heavy (non-hydrogen) atoms. The summed E-state index contributed by atoms with van der Waals surface area (Å²) in [7, 11) is 1.54. The molecule has 6 nitrogen and oxygen atoms in total. The summed E-state index contributed by atoms with van der Waals surface area (Å²) >= 11 is 0. The van der Waals surface area contributed by atoms with Gasteiger partial charge in [-0.05, 0) is 49.4 Å². The van der Waals surface area contributed by atoms with Crippen LogP contribution in [0, 0.1) is 6.92 Å². The predicted molar refractivity (Wildman–Crippen MR) is 113 cm³/mol. The lowest BCUT2D eigenvalue weighted by Crippen LogP contribution is -2.20. The molecule has 2 amide bonds. The Bertz CT molecular complexity index is 1000. The zero-order chi connectivity index (χ0) is 20.6. The molecule has 0 spiro atoms. The minimum absolute atomic E-state index is 0.166. The second kappa shape index (κ2) is 9.41. The Morgan fingerprint density at radius 2 is 1.48 bits per heavy atom. The van der Waals surface area contributed by atoms with Crippen LogP contribution < -0.4 is 20.1 Å². The Kier molecular flexibility index (Phi) is 6.47. The molecule has 0 atom stereocenters. The van der Waals surface area contributed by atoms with Crippen molar-refractivity contribution in [1.82, 2.24) is 0 Å². The maximum absolute atomic E-state index is 12.3. The van der Waals surface area contributed by atoms with E-state index >= 15 is 0 Å². The number of ether oxygens (including phenoxy) is 2. The van der Waals surface area contributed by atoms with Gasteiger partial charge in [0.15, 0.2) is 18.1 Å². The summed E-state index contributed by atoms with van der Waals surface area (Å²) in [6.45, 7) is 1.80. The summed E-state index contributed by atoms with van der Waals surface area (Å²) in [6, 6.07) is 21.3. The molecule has 2 N–H and O–H groups in total. The summed E-state index contributed by atoms with van der Waals surface area (Å²) in [5.41, 5.74) is 2.79. The number of anilines is 2. The monoisotopic (exact) mass is 390 g/mol. The summed E-state index contributed by atoms with van der Waals surface area (Å²) in [5, 5.41) is 5.58. The molecule has 0 bridgehead atoms. The number of aryl methyl sites for hydroxylation is 1. The molecule has 0 aliphatic carbocycles. The van der Waals surface area contributed by atoms with Crippen LogP contribution in [0.2, 0.25) is 0 Å². The molecule has 0 aromatic heterocycles. The summed E-state index contributed by atoms with van der Waals surface area (Å²) < 4.78 is 10.7. The Hall–Kier alpha value is -3.80. The Balaban J connectivity index is 1.58. The molecule has 0 radical (unpaired) electrons. The van der Waals surface area contributed by atoms with Crippen LogP contribution in [0.25, 0.3) is 0 Å². The second-order valence-corrected chi connectivity index (χ2v) is 6.39. The first-order chi connectivity index (χ1) is 14.0. The van der Waals surface area contributed by atoms with Crippen LogP contribution in [-0.2, 0) is 4.79 Å². The Morgan fingerprint density at radius 3 is 2.17 bits per heavy atom. The number of hydrogen-bond acceptors (Lipinski definition) is 4. The highest BCUT2D eigenvalue weighted by molar-refractivity contribution is 6.04. The van der Waals surface area contributed by atoms with Crippen molar-refractivity contribution in [3.05, 3.63) is 83.9 Å². The van der Waals surface area contributed by atoms with Crippen LogP contribution in [-0.4, -0.2) is 25.5 Å². The van der Waals surface area contributed by atoms with Crippen molar-refractivity contribution in [2.45, 2.75) is 6.92 Å². The summed E-state index contributed by atoms with van der Waals surface area (Å²) in [5.74, 6) is 0.510. The van der Waals surface area contributed by atoms with Crippen molar-refractivity contribution in [2.75, 3.05) is 24.4 Å². The normalized spacial score (nSPS) is 10.1. The zero-order valence-electron chi connectivity index (χ0n) is 16.3. The molecule has 0 saturated heterocycles. The fraction of sp³-hybridized carbons (Fsp3) is 0.130. The molecule has 0 saturated carbocycles. The topological polar surface area (TPSA) is 76.7 Å². The van der Waals surface area contributed by atoms with Crippen LogP contribution >= 0.6 is 0 Å². The number of amides is 2. The highest BCUT2D eigenvalue weighted by Crippen LogP contribution is 2.25. The smallest absolute Gasteiger partial charge is 0.262 e. The molecule has 0 aliphatic heterocycles. The molecule has 6 heteroatoms. The Morgan fingerprint density at radius 1 is 0.828 bits per heavy atom. The van der Waals surface area contributed by atoms with E-state index in [1.54, 1.807) is 61.7 Å². The number of rotatable bonds is 7. The number of para-hydroxylation sites is 2. The maximum atomic E-state index is 12.3. The van der Waals surface area contributed by atoms with Crippen molar-refractivity contribution in [2.24, 2.45) is 0 Å². The van der Waals surface area contributed by atoms with Crippen molar-refractivity contribution in [1.29, 1.82) is 0 Å². The number of carbonyl (C=O) groups excluding carboxylic acids is 2. The lowest BCUT2D eigenvalue weighted by Gasteiger charge is -2.11. The van der Waals surface area contributed by atoms with E-state index in [4.69, 9.17) is 9.47 Å². The van der Waals surface area contributed by atoms with E-state index in [-0.39, 0.29) is 18.4 Å². The predicted octanol–water partition coefficient (Wildman–Crippen LogP) is 4.27. The quantitative estimate of drug-likeness (QED) is 0.632. The highest BCUT2D eigenvalue weighted by atomic mass is 16.5. The molecule has 0 aliphatic rings. The average Bonchev–Trinajstić information content (AvgIpc) is 2.73. The van der Waals surface area contributed by atoms with Gasteiger partial charge < -0.3 is 20.1 Å². The number of nitrogens with one attached hydrogen (secondary N) is 2. The second-order valence-electron chi connectivity index (χ2n) is 6.39. The van der Waals surface area contributed by atoms with Gasteiger partial charge >= 0.3 is 0 Å². The van der Waals surface area contributed by atoms with Gasteiger partial charge in [-0.15, -0.1) is 0 Å². The lowest BCUT2D eigenvalue weighted by atomic mass is 10.1. The average molecular weight is 390 g/mol. The first kappa shape index (κ1) is 19.9. The van der Waals surface area contributed by atoms with Gasteiger partial charge in [0.2, 0.25) is 0 Å². The molecular formula is C23H22N2O4. The molecule has 0 unspecified atom stereocenters. The number of benzene rings is 3. The van der Waals surface area contributed by atoms with Crippen LogP contribution in [0.4, 0.5) is 11.4 Å². The van der Waals surface area contributed by atoms with Gasteiger partial charge in [-0.1, -0.05) is 35.9 Å². The van der Waals surface area contributed by atoms with E-state index in [1.165, 1.54) is 0 Å². The van der Waals surface area contributed by atoms with E-state index in [0.717, 1.165) is 5.56 Å². The first-order valence-corrected chi connectivity index (χ1v) is 9.09. The van der Waals surface area contributed by atoms with Crippen molar-refractivity contribution in [3.63, 3.8) is 0 Å². The van der Waals surface area contributed by atoms with Crippen molar-refractivity contribution >= 4 is 23.2 Å². The molecule has 3 aromatic carbocycles. The summed E-state index contributed by atoms with van der Waals surface area (Å²) in [4.78, 5) is 24.6. The molecule has 0 fully saturated rings. The third-order valence-corrected chi connectivity index (χ3v) is 4.15. The minimum Gasteiger partial charge on any atom is -0.493 e. The molecule has 148 valence electrons.